The number of carboxylic acids is 1. The molecule has 0 bridgehead atoms. The largest absolute Gasteiger partial charge is 0.477 e. The van der Waals surface area contributed by atoms with E-state index in [1.165, 1.54) is 34.1 Å². The Morgan fingerprint density at radius 2 is 2.05 bits per heavy atom. The number of nitrogens with zero attached hydrogens (tertiary/aromatic N) is 2. The molecule has 1 unspecified atom stereocenters. The van der Waals surface area contributed by atoms with Crippen LogP contribution in [-0.2, 0) is 10.0 Å². The van der Waals surface area contributed by atoms with Crippen molar-refractivity contribution in [2.75, 3.05) is 7.05 Å². The fourth-order valence-corrected chi connectivity index (χ4v) is 5.59. The smallest absolute Gasteiger partial charge is 0.347 e. The third kappa shape index (κ3) is 2.94. The number of carboxylic acid groups (broad SMARTS) is 1. The third-order valence-corrected chi connectivity index (χ3v) is 7.27. The third-order valence-electron chi connectivity index (χ3n) is 3.36. The molecule has 0 spiro atoms. The van der Waals surface area contributed by atoms with Crippen molar-refractivity contribution in [1.82, 2.24) is 9.29 Å². The van der Waals surface area contributed by atoms with Gasteiger partial charge in [0.2, 0.25) is 10.0 Å². The van der Waals surface area contributed by atoms with Crippen LogP contribution in [-0.4, -0.2) is 35.8 Å². The maximum Gasteiger partial charge on any atom is 0.347 e. The van der Waals surface area contributed by atoms with Gasteiger partial charge in [-0.2, -0.15) is 4.31 Å². The standard InChI is InChI=1S/C13H16N2O4S3/c1-7(11-8(2)21-9(3)14-11)15(4)22(18,19)10-5-6-20-12(10)13(16)17/h5-7H,1-4H3,(H,16,17). The summed E-state index contributed by atoms with van der Waals surface area (Å²) in [6.07, 6.45) is 0. The molecular formula is C13H16N2O4S3. The summed E-state index contributed by atoms with van der Waals surface area (Å²) in [4.78, 5) is 16.2. The van der Waals surface area contributed by atoms with Crippen LogP contribution in [0, 0.1) is 13.8 Å². The minimum Gasteiger partial charge on any atom is -0.477 e. The van der Waals surface area contributed by atoms with Crippen LogP contribution in [0.15, 0.2) is 16.3 Å². The normalized spacial score (nSPS) is 13.5. The zero-order valence-electron chi connectivity index (χ0n) is 12.5. The van der Waals surface area contributed by atoms with Crippen molar-refractivity contribution in [3.63, 3.8) is 0 Å². The van der Waals surface area contributed by atoms with E-state index in [4.69, 9.17) is 5.11 Å². The number of hydrogen-bond acceptors (Lipinski definition) is 6. The van der Waals surface area contributed by atoms with Gasteiger partial charge in [0.1, 0.15) is 9.77 Å². The molecule has 120 valence electrons. The van der Waals surface area contributed by atoms with E-state index >= 15 is 0 Å². The van der Waals surface area contributed by atoms with Crippen LogP contribution in [0.25, 0.3) is 0 Å². The highest BCUT2D eigenvalue weighted by atomic mass is 32.2. The van der Waals surface area contributed by atoms with Gasteiger partial charge in [-0.1, -0.05) is 0 Å². The predicted octanol–water partition coefficient (Wildman–Crippen LogP) is 2.90. The maximum absolute atomic E-state index is 12.7. The van der Waals surface area contributed by atoms with Crippen molar-refractivity contribution in [2.45, 2.75) is 31.7 Å². The highest BCUT2D eigenvalue weighted by Gasteiger charge is 2.32. The Morgan fingerprint density at radius 3 is 2.55 bits per heavy atom. The lowest BCUT2D eigenvalue weighted by Crippen LogP contribution is -2.31. The second-order valence-corrected chi connectivity index (χ2v) is 9.08. The number of hydrogen-bond donors (Lipinski definition) is 1. The van der Waals surface area contributed by atoms with E-state index in [-0.39, 0.29) is 9.77 Å². The van der Waals surface area contributed by atoms with Crippen LogP contribution in [0.1, 0.15) is 38.2 Å². The minimum absolute atomic E-state index is 0.176. The molecule has 2 aromatic heterocycles. The molecule has 0 amide bonds. The minimum atomic E-state index is -3.90. The lowest BCUT2D eigenvalue weighted by molar-refractivity contribution is 0.0698. The first-order chi connectivity index (χ1) is 10.2. The van der Waals surface area contributed by atoms with Crippen LogP contribution in [0.5, 0.6) is 0 Å². The molecule has 1 atom stereocenters. The summed E-state index contributed by atoms with van der Waals surface area (Å²) < 4.78 is 26.6. The van der Waals surface area contributed by atoms with Crippen LogP contribution >= 0.6 is 22.7 Å². The quantitative estimate of drug-likeness (QED) is 0.886. The number of sulfonamides is 1. The number of aromatic nitrogens is 1. The molecular weight excluding hydrogens is 344 g/mol. The molecule has 9 heteroatoms. The van der Waals surface area contributed by atoms with E-state index in [1.54, 1.807) is 6.92 Å². The van der Waals surface area contributed by atoms with Gasteiger partial charge in [0.25, 0.3) is 0 Å². The summed E-state index contributed by atoms with van der Waals surface area (Å²) in [5.74, 6) is -1.24. The van der Waals surface area contributed by atoms with E-state index in [1.807, 2.05) is 13.8 Å². The van der Waals surface area contributed by atoms with E-state index in [0.29, 0.717) is 5.69 Å². The molecule has 1 N–H and O–H groups in total. The molecule has 22 heavy (non-hydrogen) atoms. The zero-order valence-corrected chi connectivity index (χ0v) is 15.0. The van der Waals surface area contributed by atoms with Crippen LogP contribution in [0.2, 0.25) is 0 Å². The molecule has 0 aliphatic carbocycles. The van der Waals surface area contributed by atoms with Crippen LogP contribution < -0.4 is 0 Å². The number of aryl methyl sites for hydroxylation is 2. The van der Waals surface area contributed by atoms with Gasteiger partial charge in [-0.05, 0) is 32.2 Å². The number of thiophene rings is 1. The van der Waals surface area contributed by atoms with Crippen molar-refractivity contribution >= 4 is 38.7 Å². The lowest BCUT2D eigenvalue weighted by Gasteiger charge is -2.23. The molecule has 0 aliphatic rings. The van der Waals surface area contributed by atoms with Gasteiger partial charge in [-0.25, -0.2) is 18.2 Å². The predicted molar refractivity (Wildman–Crippen MR) is 86.2 cm³/mol. The summed E-state index contributed by atoms with van der Waals surface area (Å²) in [6.45, 7) is 5.50. The average molecular weight is 360 g/mol. The van der Waals surface area contributed by atoms with Crippen molar-refractivity contribution in [3.05, 3.63) is 31.9 Å². The number of carbonyl (C=O) groups is 1. The van der Waals surface area contributed by atoms with Gasteiger partial charge in [0, 0.05) is 11.9 Å². The molecule has 2 heterocycles. The second kappa shape index (κ2) is 6.07. The summed E-state index contributed by atoms with van der Waals surface area (Å²) in [6, 6.07) is 0.850. The first-order valence-corrected chi connectivity index (χ1v) is 9.52. The zero-order chi connectivity index (χ0) is 16.7. The van der Waals surface area contributed by atoms with E-state index in [2.05, 4.69) is 4.98 Å². The Kier molecular flexibility index (Phi) is 4.71. The first kappa shape index (κ1) is 17.1. The van der Waals surface area contributed by atoms with Crippen molar-refractivity contribution < 1.29 is 18.3 Å². The van der Waals surface area contributed by atoms with E-state index < -0.39 is 22.0 Å². The number of rotatable bonds is 5. The first-order valence-electron chi connectivity index (χ1n) is 6.39. The molecule has 6 nitrogen and oxygen atoms in total. The van der Waals surface area contributed by atoms with E-state index in [9.17, 15) is 13.2 Å². The Bertz CT molecular complexity index is 807. The number of thiazole rings is 1. The van der Waals surface area contributed by atoms with Gasteiger partial charge in [-0.3, -0.25) is 0 Å². The fraction of sp³-hybridized carbons (Fsp3) is 0.385. The van der Waals surface area contributed by atoms with Crippen LogP contribution in [0.4, 0.5) is 0 Å². The molecule has 0 saturated carbocycles. The number of aromatic carboxylic acids is 1. The van der Waals surface area contributed by atoms with Gasteiger partial charge in [0.15, 0.2) is 0 Å². The molecule has 2 rings (SSSR count). The Hall–Kier alpha value is -1.29. The highest BCUT2D eigenvalue weighted by molar-refractivity contribution is 7.89. The summed E-state index contributed by atoms with van der Waals surface area (Å²) in [5.41, 5.74) is 0.695. The maximum atomic E-state index is 12.7. The van der Waals surface area contributed by atoms with Gasteiger partial charge in [-0.15, -0.1) is 22.7 Å². The summed E-state index contributed by atoms with van der Waals surface area (Å²) >= 11 is 2.40. The van der Waals surface area contributed by atoms with Crippen molar-refractivity contribution in [3.8, 4) is 0 Å². The Morgan fingerprint density at radius 1 is 1.41 bits per heavy atom. The molecule has 0 aliphatic heterocycles. The molecule has 0 aromatic carbocycles. The Labute approximate surface area is 137 Å². The molecule has 0 radical (unpaired) electrons. The SMILES string of the molecule is Cc1nc(C(C)N(C)S(=O)(=O)c2ccsc2C(=O)O)c(C)s1. The highest BCUT2D eigenvalue weighted by Crippen LogP contribution is 2.32. The topological polar surface area (TPSA) is 87.6 Å². The summed E-state index contributed by atoms with van der Waals surface area (Å²) in [7, 11) is -2.46. The van der Waals surface area contributed by atoms with Gasteiger partial charge >= 0.3 is 5.97 Å². The fourth-order valence-electron chi connectivity index (χ4n) is 2.12. The monoisotopic (exact) mass is 360 g/mol. The second-order valence-electron chi connectivity index (χ2n) is 4.79. The van der Waals surface area contributed by atoms with Crippen LogP contribution in [0.3, 0.4) is 0 Å². The molecule has 0 saturated heterocycles. The van der Waals surface area contributed by atoms with Crippen molar-refractivity contribution in [2.24, 2.45) is 0 Å². The summed E-state index contributed by atoms with van der Waals surface area (Å²) in [5, 5.41) is 11.5. The van der Waals surface area contributed by atoms with Gasteiger partial charge in [0.05, 0.1) is 16.7 Å². The average Bonchev–Trinajstić information content (AvgIpc) is 3.03. The van der Waals surface area contributed by atoms with Crippen molar-refractivity contribution in [1.29, 1.82) is 0 Å². The lowest BCUT2D eigenvalue weighted by atomic mass is 10.2. The molecule has 2 aromatic rings. The van der Waals surface area contributed by atoms with E-state index in [0.717, 1.165) is 21.2 Å². The Balaban J connectivity index is 2.43. The van der Waals surface area contributed by atoms with Gasteiger partial charge < -0.3 is 5.11 Å². The molecule has 0 fully saturated rings.